The number of hydrogen-bond acceptors (Lipinski definition) is 5. The maximum atomic E-state index is 10.9. The van der Waals surface area contributed by atoms with Crippen LogP contribution in [0.1, 0.15) is 15.9 Å². The number of aliphatic imine (C=N–C) groups is 1. The highest BCUT2D eigenvalue weighted by molar-refractivity contribution is 6.32. The quantitative estimate of drug-likeness (QED) is 0.468. The Balaban J connectivity index is 2.58. The van der Waals surface area contributed by atoms with E-state index < -0.39 is 0 Å². The van der Waals surface area contributed by atoms with Gasteiger partial charge in [-0.05, 0) is 6.07 Å². The normalized spacial score (nSPS) is 12.8. The summed E-state index contributed by atoms with van der Waals surface area (Å²) in [5.74, 6) is 0.733. The van der Waals surface area contributed by atoms with Crippen LogP contribution in [0.4, 0.5) is 0 Å². The monoisotopic (exact) mass is 253 g/mol. The number of carbonyl (C=O) groups is 1. The van der Waals surface area contributed by atoms with Crippen LogP contribution in [0.2, 0.25) is 5.02 Å². The van der Waals surface area contributed by atoms with Crippen molar-refractivity contribution in [3.63, 3.8) is 0 Å². The van der Waals surface area contributed by atoms with Crippen LogP contribution in [-0.4, -0.2) is 25.6 Å². The molecule has 5 nitrogen and oxygen atoms in total. The highest BCUT2D eigenvalue weighted by Gasteiger charge is 2.22. The van der Waals surface area contributed by atoms with Gasteiger partial charge in [0.1, 0.15) is 13.2 Å². The first-order chi connectivity index (χ1) is 8.27. The summed E-state index contributed by atoms with van der Waals surface area (Å²) in [6, 6.07) is 1.47. The van der Waals surface area contributed by atoms with E-state index in [1.807, 2.05) is 0 Å². The molecular formula is C11H8ClNO4. The van der Waals surface area contributed by atoms with Crippen LogP contribution in [-0.2, 0) is 11.3 Å². The van der Waals surface area contributed by atoms with E-state index in [1.54, 1.807) is 0 Å². The van der Waals surface area contributed by atoms with E-state index in [0.717, 1.165) is 0 Å². The molecule has 88 valence electrons. The van der Waals surface area contributed by atoms with E-state index in [1.165, 1.54) is 12.1 Å². The van der Waals surface area contributed by atoms with Gasteiger partial charge in [-0.3, -0.25) is 4.79 Å². The molecule has 0 bridgehead atoms. The summed E-state index contributed by atoms with van der Waals surface area (Å²) in [5, 5.41) is 0.315. The fourth-order valence-electron chi connectivity index (χ4n) is 1.60. The van der Waals surface area contributed by atoms with Crippen LogP contribution in [0.3, 0.4) is 0 Å². The lowest BCUT2D eigenvalue weighted by molar-refractivity contribution is 0.111. The molecule has 0 amide bonds. The number of halogens is 1. The Bertz CT molecular complexity index is 509. The molecule has 0 N–H and O–H groups in total. The molecule has 0 radical (unpaired) electrons. The van der Waals surface area contributed by atoms with Crippen molar-refractivity contribution in [1.82, 2.24) is 0 Å². The predicted octanol–water partition coefficient (Wildman–Crippen LogP) is 1.76. The third kappa shape index (κ3) is 2.16. The molecule has 0 saturated heterocycles. The average molecular weight is 254 g/mol. The van der Waals surface area contributed by atoms with Gasteiger partial charge in [0, 0.05) is 5.56 Å². The van der Waals surface area contributed by atoms with Crippen LogP contribution < -0.4 is 9.47 Å². The molecule has 0 fully saturated rings. The van der Waals surface area contributed by atoms with Crippen LogP contribution in [0, 0.1) is 0 Å². The zero-order chi connectivity index (χ0) is 12.3. The fourth-order valence-corrected chi connectivity index (χ4v) is 1.86. The summed E-state index contributed by atoms with van der Waals surface area (Å²) in [6.45, 7) is 0.780. The van der Waals surface area contributed by atoms with Crippen LogP contribution in [0.5, 0.6) is 11.5 Å². The van der Waals surface area contributed by atoms with Crippen molar-refractivity contribution in [2.45, 2.75) is 6.54 Å². The van der Waals surface area contributed by atoms with Crippen LogP contribution >= 0.6 is 11.6 Å². The van der Waals surface area contributed by atoms with Gasteiger partial charge in [-0.25, -0.2) is 9.79 Å². The van der Waals surface area contributed by atoms with Crippen molar-refractivity contribution < 1.29 is 19.1 Å². The lowest BCUT2D eigenvalue weighted by atomic mass is 10.1. The van der Waals surface area contributed by atoms with Crippen molar-refractivity contribution in [3.8, 4) is 11.5 Å². The zero-order valence-electron chi connectivity index (χ0n) is 8.73. The van der Waals surface area contributed by atoms with Crippen LogP contribution in [0.25, 0.3) is 0 Å². The maximum Gasteiger partial charge on any atom is 0.235 e. The van der Waals surface area contributed by atoms with E-state index in [0.29, 0.717) is 47.1 Å². The smallest absolute Gasteiger partial charge is 0.235 e. The van der Waals surface area contributed by atoms with E-state index in [9.17, 15) is 9.59 Å². The van der Waals surface area contributed by atoms with Gasteiger partial charge in [0.25, 0.3) is 0 Å². The van der Waals surface area contributed by atoms with Crippen LogP contribution in [0.15, 0.2) is 11.1 Å². The van der Waals surface area contributed by atoms with Crippen molar-refractivity contribution in [3.05, 3.63) is 22.2 Å². The summed E-state index contributed by atoms with van der Waals surface area (Å²) in [7, 11) is 0. The summed E-state index contributed by atoms with van der Waals surface area (Å²) >= 11 is 6.00. The molecule has 1 aromatic carbocycles. The van der Waals surface area contributed by atoms with Gasteiger partial charge < -0.3 is 9.47 Å². The number of ether oxygens (including phenoxy) is 2. The largest absolute Gasteiger partial charge is 0.486 e. The molecule has 1 aromatic rings. The van der Waals surface area contributed by atoms with Gasteiger partial charge in [-0.1, -0.05) is 11.6 Å². The minimum Gasteiger partial charge on any atom is -0.486 e. The first-order valence-electron chi connectivity index (χ1n) is 4.87. The standard InChI is InChI=1S/C11H8ClNO4/c12-9-3-7(5-14)10-11(17-2-1-16-10)8(9)4-13-6-15/h3,5H,1-2,4H2. The fraction of sp³-hybridized carbons (Fsp3) is 0.273. The number of nitrogens with zero attached hydrogens (tertiary/aromatic N) is 1. The molecule has 0 aliphatic carbocycles. The average Bonchev–Trinajstić information content (AvgIpc) is 2.37. The second kappa shape index (κ2) is 4.99. The minimum absolute atomic E-state index is 0.0488. The van der Waals surface area contributed by atoms with Crippen molar-refractivity contribution in [2.24, 2.45) is 4.99 Å². The molecule has 2 rings (SSSR count). The number of isocyanates is 1. The van der Waals surface area contributed by atoms with E-state index in [-0.39, 0.29) is 6.54 Å². The predicted molar refractivity (Wildman–Crippen MR) is 59.7 cm³/mol. The van der Waals surface area contributed by atoms with Gasteiger partial charge in [0.2, 0.25) is 6.08 Å². The Hall–Kier alpha value is -1.84. The molecular weight excluding hydrogens is 246 g/mol. The molecule has 1 aliphatic heterocycles. The highest BCUT2D eigenvalue weighted by Crippen LogP contribution is 2.41. The minimum atomic E-state index is 0.0488. The molecule has 0 saturated carbocycles. The molecule has 6 heteroatoms. The second-order valence-electron chi connectivity index (χ2n) is 3.31. The van der Waals surface area contributed by atoms with Crippen molar-refractivity contribution in [2.75, 3.05) is 13.2 Å². The molecule has 1 aliphatic rings. The lowest BCUT2D eigenvalue weighted by Crippen LogP contribution is -2.18. The maximum absolute atomic E-state index is 10.9. The summed E-state index contributed by atoms with van der Waals surface area (Å²) < 4.78 is 10.8. The lowest BCUT2D eigenvalue weighted by Gasteiger charge is -2.22. The Morgan fingerprint density at radius 3 is 2.76 bits per heavy atom. The number of benzene rings is 1. The third-order valence-electron chi connectivity index (χ3n) is 2.32. The number of hydrogen-bond donors (Lipinski definition) is 0. The van der Waals surface area contributed by atoms with Gasteiger partial charge in [-0.2, -0.15) is 0 Å². The molecule has 0 atom stereocenters. The topological polar surface area (TPSA) is 65.0 Å². The first kappa shape index (κ1) is 11.6. The Labute approximate surface area is 102 Å². The summed E-state index contributed by atoms with van der Waals surface area (Å²) in [6.07, 6.45) is 2.07. The van der Waals surface area contributed by atoms with E-state index in [2.05, 4.69) is 4.99 Å². The Morgan fingerprint density at radius 2 is 2.12 bits per heavy atom. The number of rotatable bonds is 3. The Morgan fingerprint density at radius 1 is 1.41 bits per heavy atom. The van der Waals surface area contributed by atoms with Crippen molar-refractivity contribution >= 4 is 24.0 Å². The molecule has 0 aromatic heterocycles. The summed E-state index contributed by atoms with van der Waals surface area (Å²) in [5.41, 5.74) is 0.846. The van der Waals surface area contributed by atoms with Gasteiger partial charge in [-0.15, -0.1) is 0 Å². The number of carbonyl (C=O) groups excluding carboxylic acids is 2. The summed E-state index contributed by atoms with van der Waals surface area (Å²) in [4.78, 5) is 24.4. The molecule has 1 heterocycles. The second-order valence-corrected chi connectivity index (χ2v) is 3.71. The molecule has 0 unspecified atom stereocenters. The number of fused-ring (bicyclic) bond motifs is 1. The zero-order valence-corrected chi connectivity index (χ0v) is 9.49. The molecule has 17 heavy (non-hydrogen) atoms. The Kier molecular flexibility index (Phi) is 3.42. The van der Waals surface area contributed by atoms with Crippen molar-refractivity contribution in [1.29, 1.82) is 0 Å². The van der Waals surface area contributed by atoms with Gasteiger partial charge in [0.15, 0.2) is 17.8 Å². The van der Waals surface area contributed by atoms with Gasteiger partial charge >= 0.3 is 0 Å². The van der Waals surface area contributed by atoms with Gasteiger partial charge in [0.05, 0.1) is 17.1 Å². The SMILES string of the molecule is O=C=NCc1c(Cl)cc(C=O)c2c1OCCO2. The third-order valence-corrected chi connectivity index (χ3v) is 2.66. The van der Waals surface area contributed by atoms with E-state index >= 15 is 0 Å². The van der Waals surface area contributed by atoms with E-state index in [4.69, 9.17) is 21.1 Å². The molecule has 0 spiro atoms. The number of aldehydes is 1. The first-order valence-corrected chi connectivity index (χ1v) is 5.25. The highest BCUT2D eigenvalue weighted by atomic mass is 35.5.